The molecule has 3 rings (SSSR count). The van der Waals surface area contributed by atoms with Crippen LogP contribution < -0.4 is 11.1 Å². The molecule has 1 fully saturated rings. The van der Waals surface area contributed by atoms with Gasteiger partial charge in [-0.25, -0.2) is 4.79 Å². The molecule has 94 valence electrons. The summed E-state index contributed by atoms with van der Waals surface area (Å²) < 4.78 is 6.19. The van der Waals surface area contributed by atoms with Crippen molar-refractivity contribution in [3.8, 4) is 10.7 Å². The Balaban J connectivity index is 1.88. The predicted molar refractivity (Wildman–Crippen MR) is 68.9 cm³/mol. The number of hydrogen-bond donors (Lipinski definition) is 2. The molecule has 2 amide bonds. The SMILES string of the molecule is NC(=O)NC1(c2nc(-c3cc(Br)cs3)no2)CC1. The maximum absolute atomic E-state index is 10.9. The Hall–Kier alpha value is -1.41. The number of thiophene rings is 1. The number of primary amides is 1. The molecule has 6 nitrogen and oxygen atoms in total. The van der Waals surface area contributed by atoms with Gasteiger partial charge in [-0.1, -0.05) is 5.16 Å². The van der Waals surface area contributed by atoms with Crippen LogP contribution in [0.1, 0.15) is 18.7 Å². The molecular weight excluding hydrogens is 320 g/mol. The monoisotopic (exact) mass is 328 g/mol. The van der Waals surface area contributed by atoms with Crippen molar-refractivity contribution < 1.29 is 9.32 Å². The van der Waals surface area contributed by atoms with E-state index >= 15 is 0 Å². The van der Waals surface area contributed by atoms with Gasteiger partial charge in [0.25, 0.3) is 5.89 Å². The van der Waals surface area contributed by atoms with E-state index in [4.69, 9.17) is 10.3 Å². The molecule has 0 aliphatic heterocycles. The van der Waals surface area contributed by atoms with Gasteiger partial charge >= 0.3 is 6.03 Å². The van der Waals surface area contributed by atoms with Gasteiger partial charge in [0.2, 0.25) is 5.82 Å². The quantitative estimate of drug-likeness (QED) is 0.903. The highest BCUT2D eigenvalue weighted by molar-refractivity contribution is 9.10. The van der Waals surface area contributed by atoms with E-state index in [0.717, 1.165) is 22.2 Å². The molecule has 1 aliphatic rings. The van der Waals surface area contributed by atoms with Crippen molar-refractivity contribution in [2.75, 3.05) is 0 Å². The summed E-state index contributed by atoms with van der Waals surface area (Å²) >= 11 is 4.89. The first-order chi connectivity index (χ1) is 8.59. The minimum atomic E-state index is -0.578. The molecule has 18 heavy (non-hydrogen) atoms. The van der Waals surface area contributed by atoms with Crippen molar-refractivity contribution in [3.63, 3.8) is 0 Å². The molecule has 0 saturated heterocycles. The lowest BCUT2D eigenvalue weighted by molar-refractivity contribution is 0.238. The third-order valence-electron chi connectivity index (χ3n) is 2.74. The fourth-order valence-corrected chi connectivity index (χ4v) is 3.05. The van der Waals surface area contributed by atoms with Crippen LogP contribution in [0.2, 0.25) is 0 Å². The number of rotatable bonds is 3. The minimum absolute atomic E-state index is 0.417. The molecule has 0 bridgehead atoms. The zero-order chi connectivity index (χ0) is 12.8. The van der Waals surface area contributed by atoms with Crippen LogP contribution in [0.15, 0.2) is 20.4 Å². The summed E-state index contributed by atoms with van der Waals surface area (Å²) in [5.74, 6) is 0.944. The van der Waals surface area contributed by atoms with E-state index in [1.807, 2.05) is 11.4 Å². The number of amides is 2. The fraction of sp³-hybridized carbons (Fsp3) is 0.300. The molecule has 1 aliphatic carbocycles. The largest absolute Gasteiger partial charge is 0.352 e. The number of nitrogens with one attached hydrogen (secondary N) is 1. The second-order valence-corrected chi connectivity index (χ2v) is 5.95. The second-order valence-electron chi connectivity index (χ2n) is 4.12. The van der Waals surface area contributed by atoms with Crippen molar-refractivity contribution in [1.82, 2.24) is 15.5 Å². The first-order valence-corrected chi connectivity index (χ1v) is 6.92. The first-order valence-electron chi connectivity index (χ1n) is 5.25. The summed E-state index contributed by atoms with van der Waals surface area (Å²) in [7, 11) is 0. The average Bonchev–Trinajstić information content (AvgIpc) is 2.79. The van der Waals surface area contributed by atoms with Crippen LogP contribution in [-0.4, -0.2) is 16.2 Å². The third kappa shape index (κ3) is 2.01. The van der Waals surface area contributed by atoms with E-state index in [2.05, 4.69) is 31.4 Å². The molecule has 2 aromatic heterocycles. The highest BCUT2D eigenvalue weighted by atomic mass is 79.9. The zero-order valence-corrected chi connectivity index (χ0v) is 11.5. The van der Waals surface area contributed by atoms with Crippen LogP contribution in [-0.2, 0) is 5.54 Å². The zero-order valence-electron chi connectivity index (χ0n) is 9.14. The highest BCUT2D eigenvalue weighted by Gasteiger charge is 2.50. The first kappa shape index (κ1) is 11.7. The van der Waals surface area contributed by atoms with Crippen LogP contribution in [0, 0.1) is 0 Å². The van der Waals surface area contributed by atoms with Gasteiger partial charge in [0.15, 0.2) is 0 Å². The normalized spacial score (nSPS) is 16.5. The van der Waals surface area contributed by atoms with E-state index in [9.17, 15) is 4.79 Å². The lowest BCUT2D eigenvalue weighted by Crippen LogP contribution is -2.38. The number of aromatic nitrogens is 2. The van der Waals surface area contributed by atoms with Gasteiger partial charge < -0.3 is 15.6 Å². The Labute approximate surface area is 115 Å². The van der Waals surface area contributed by atoms with Crippen LogP contribution in [0.4, 0.5) is 4.79 Å². The van der Waals surface area contributed by atoms with Crippen molar-refractivity contribution >= 4 is 33.3 Å². The molecular formula is C10H9BrN4O2S. The van der Waals surface area contributed by atoms with E-state index in [1.54, 1.807) is 0 Å². The molecule has 3 N–H and O–H groups in total. The summed E-state index contributed by atoms with van der Waals surface area (Å²) in [5, 5.41) is 8.52. The van der Waals surface area contributed by atoms with E-state index in [1.165, 1.54) is 11.3 Å². The Bertz CT molecular complexity index is 605. The summed E-state index contributed by atoms with van der Waals surface area (Å²) in [5.41, 5.74) is 4.58. The minimum Gasteiger partial charge on any atom is -0.352 e. The van der Waals surface area contributed by atoms with Crippen molar-refractivity contribution in [2.45, 2.75) is 18.4 Å². The van der Waals surface area contributed by atoms with Crippen molar-refractivity contribution in [3.05, 3.63) is 21.8 Å². The molecule has 8 heteroatoms. The number of carbonyl (C=O) groups is 1. The molecule has 0 aromatic carbocycles. The van der Waals surface area contributed by atoms with Gasteiger partial charge in [-0.3, -0.25) is 0 Å². The summed E-state index contributed by atoms with van der Waals surface area (Å²) in [6, 6.07) is 1.34. The van der Waals surface area contributed by atoms with Gasteiger partial charge in [0, 0.05) is 9.85 Å². The van der Waals surface area contributed by atoms with E-state index < -0.39 is 11.6 Å². The average molecular weight is 329 g/mol. The molecule has 2 aromatic rings. The van der Waals surface area contributed by atoms with E-state index in [0.29, 0.717) is 11.7 Å². The van der Waals surface area contributed by atoms with Gasteiger partial charge in [-0.2, -0.15) is 4.98 Å². The maximum Gasteiger partial charge on any atom is 0.313 e. The summed E-state index contributed by atoms with van der Waals surface area (Å²) in [4.78, 5) is 16.2. The molecule has 0 radical (unpaired) electrons. The highest BCUT2D eigenvalue weighted by Crippen LogP contribution is 2.45. The van der Waals surface area contributed by atoms with Crippen molar-refractivity contribution in [1.29, 1.82) is 0 Å². The molecule has 0 unspecified atom stereocenters. The molecule has 1 saturated carbocycles. The molecule has 0 spiro atoms. The summed E-state index contributed by atoms with van der Waals surface area (Å²) in [6.45, 7) is 0. The molecule has 0 atom stereocenters. The number of halogens is 1. The number of urea groups is 1. The third-order valence-corrected chi connectivity index (χ3v) is 4.42. The standard InChI is InChI=1S/C10H9BrN4O2S/c11-5-3-6(18-4-5)7-13-8(17-15-7)10(1-2-10)14-9(12)16/h3-4H,1-2H2,(H3,12,14,16). The lowest BCUT2D eigenvalue weighted by atomic mass is 10.3. The predicted octanol–water partition coefficient (Wildman–Crippen LogP) is 2.22. The Kier molecular flexibility index (Phi) is 2.63. The van der Waals surface area contributed by atoms with Crippen LogP contribution in [0.3, 0.4) is 0 Å². The van der Waals surface area contributed by atoms with Gasteiger partial charge in [0.05, 0.1) is 4.88 Å². The van der Waals surface area contributed by atoms with Crippen LogP contribution in [0.5, 0.6) is 0 Å². The lowest BCUT2D eigenvalue weighted by Gasteiger charge is -2.09. The Morgan fingerprint density at radius 3 is 2.94 bits per heavy atom. The number of carbonyl (C=O) groups excluding carboxylic acids is 1. The number of nitrogens with zero attached hydrogens (tertiary/aromatic N) is 2. The van der Waals surface area contributed by atoms with Crippen LogP contribution in [0.25, 0.3) is 10.7 Å². The fourth-order valence-electron chi connectivity index (χ4n) is 1.70. The van der Waals surface area contributed by atoms with Crippen LogP contribution >= 0.6 is 27.3 Å². The Morgan fingerprint density at radius 1 is 1.61 bits per heavy atom. The maximum atomic E-state index is 10.9. The molecule has 2 heterocycles. The van der Waals surface area contributed by atoms with Gasteiger partial charge in [-0.05, 0) is 34.8 Å². The second kappa shape index (κ2) is 4.06. The summed E-state index contributed by atoms with van der Waals surface area (Å²) in [6.07, 6.45) is 1.54. The van der Waals surface area contributed by atoms with E-state index in [-0.39, 0.29) is 0 Å². The number of nitrogens with two attached hydrogens (primary N) is 1. The Morgan fingerprint density at radius 2 is 2.39 bits per heavy atom. The van der Waals surface area contributed by atoms with Gasteiger partial charge in [0.1, 0.15) is 5.54 Å². The van der Waals surface area contributed by atoms with Gasteiger partial charge in [-0.15, -0.1) is 11.3 Å². The van der Waals surface area contributed by atoms with Crippen molar-refractivity contribution in [2.24, 2.45) is 5.73 Å². The smallest absolute Gasteiger partial charge is 0.313 e. The number of hydrogen-bond acceptors (Lipinski definition) is 5. The topological polar surface area (TPSA) is 94.0 Å².